The van der Waals surface area contributed by atoms with Crippen LogP contribution in [0.1, 0.15) is 45.2 Å². The molecular weight excluding hydrogens is 310 g/mol. The molecule has 5 nitrogen and oxygen atoms in total. The molecule has 0 radical (unpaired) electrons. The van der Waals surface area contributed by atoms with Crippen LogP contribution in [0.5, 0.6) is 0 Å². The summed E-state index contributed by atoms with van der Waals surface area (Å²) >= 11 is 1.81. The predicted octanol–water partition coefficient (Wildman–Crippen LogP) is 2.83. The van der Waals surface area contributed by atoms with Crippen LogP contribution < -0.4 is 16.0 Å². The second-order valence-corrected chi connectivity index (χ2v) is 7.78. The fourth-order valence-electron chi connectivity index (χ4n) is 2.11. The molecule has 0 spiro atoms. The number of nitrogens with one attached hydrogen (secondary N) is 3. The molecule has 0 heterocycles. The quantitative estimate of drug-likeness (QED) is 0.671. The highest BCUT2D eigenvalue weighted by molar-refractivity contribution is 7.99. The second kappa shape index (κ2) is 8.24. The lowest BCUT2D eigenvalue weighted by molar-refractivity contribution is -0.120. The third kappa shape index (κ3) is 6.52. The van der Waals surface area contributed by atoms with Crippen molar-refractivity contribution in [2.45, 2.75) is 55.8 Å². The van der Waals surface area contributed by atoms with Gasteiger partial charge in [0.05, 0.1) is 12.6 Å². The summed E-state index contributed by atoms with van der Waals surface area (Å²) in [6.07, 6.45) is 2.08. The molecule has 126 valence electrons. The second-order valence-electron chi connectivity index (χ2n) is 6.13. The summed E-state index contributed by atoms with van der Waals surface area (Å²) in [6.45, 7) is 6.26. The van der Waals surface area contributed by atoms with Crippen molar-refractivity contribution in [2.75, 3.05) is 6.54 Å². The number of benzene rings is 1. The first kappa shape index (κ1) is 17.7. The van der Waals surface area contributed by atoms with Crippen molar-refractivity contribution in [3.05, 3.63) is 29.8 Å². The first-order chi connectivity index (χ1) is 10.9. The van der Waals surface area contributed by atoms with Crippen LogP contribution in [-0.4, -0.2) is 29.8 Å². The minimum atomic E-state index is -0.330. The SMILES string of the molecule is CC(C)Sc1ccc(C(C)NC(=O)NCC(=O)NC2CC2)cc1. The lowest BCUT2D eigenvalue weighted by atomic mass is 10.1. The van der Waals surface area contributed by atoms with E-state index >= 15 is 0 Å². The number of amides is 3. The Balaban J connectivity index is 1.74. The van der Waals surface area contributed by atoms with Crippen LogP contribution >= 0.6 is 11.8 Å². The van der Waals surface area contributed by atoms with Gasteiger partial charge in [0, 0.05) is 16.2 Å². The van der Waals surface area contributed by atoms with Crippen molar-refractivity contribution in [3.63, 3.8) is 0 Å². The summed E-state index contributed by atoms with van der Waals surface area (Å²) in [5.41, 5.74) is 1.04. The van der Waals surface area contributed by atoms with Gasteiger partial charge in [0.1, 0.15) is 0 Å². The Labute approximate surface area is 142 Å². The van der Waals surface area contributed by atoms with Gasteiger partial charge in [0.15, 0.2) is 0 Å². The Morgan fingerprint density at radius 3 is 2.39 bits per heavy atom. The molecule has 1 saturated carbocycles. The van der Waals surface area contributed by atoms with Crippen molar-refractivity contribution < 1.29 is 9.59 Å². The standard InChI is InChI=1S/C17H25N3O2S/c1-11(2)23-15-8-4-13(5-9-15)12(3)19-17(22)18-10-16(21)20-14-6-7-14/h4-5,8-9,11-12,14H,6-7,10H2,1-3H3,(H,20,21)(H2,18,19,22). The highest BCUT2D eigenvalue weighted by Crippen LogP contribution is 2.24. The zero-order chi connectivity index (χ0) is 16.8. The summed E-state index contributed by atoms with van der Waals surface area (Å²) in [4.78, 5) is 24.6. The molecule has 0 aliphatic heterocycles. The molecule has 1 aromatic rings. The van der Waals surface area contributed by atoms with Crippen LogP contribution in [0.2, 0.25) is 0 Å². The lowest BCUT2D eigenvalue weighted by Crippen LogP contribution is -2.43. The average Bonchev–Trinajstić information content (AvgIpc) is 3.29. The van der Waals surface area contributed by atoms with Crippen LogP contribution in [-0.2, 0) is 4.79 Å². The largest absolute Gasteiger partial charge is 0.352 e. The molecule has 1 atom stereocenters. The van der Waals surface area contributed by atoms with E-state index in [0.29, 0.717) is 11.3 Å². The molecule has 1 aliphatic carbocycles. The van der Waals surface area contributed by atoms with Gasteiger partial charge in [-0.25, -0.2) is 4.79 Å². The van der Waals surface area contributed by atoms with E-state index in [1.165, 1.54) is 4.90 Å². The molecule has 1 unspecified atom stereocenters. The normalized spacial score (nSPS) is 15.1. The van der Waals surface area contributed by atoms with E-state index in [-0.39, 0.29) is 24.5 Å². The summed E-state index contributed by atoms with van der Waals surface area (Å²) < 4.78 is 0. The third-order valence-corrected chi connectivity index (χ3v) is 4.47. The highest BCUT2D eigenvalue weighted by atomic mass is 32.2. The molecule has 2 rings (SSSR count). The van der Waals surface area contributed by atoms with Crippen molar-refractivity contribution >= 4 is 23.7 Å². The fourth-order valence-corrected chi connectivity index (χ4v) is 2.94. The van der Waals surface area contributed by atoms with Crippen molar-refractivity contribution in [1.82, 2.24) is 16.0 Å². The molecule has 0 saturated heterocycles. The number of hydrogen-bond acceptors (Lipinski definition) is 3. The molecule has 1 fully saturated rings. The molecule has 0 aromatic heterocycles. The molecule has 0 bridgehead atoms. The minimum Gasteiger partial charge on any atom is -0.352 e. The van der Waals surface area contributed by atoms with Crippen LogP contribution in [0.3, 0.4) is 0 Å². The number of thioether (sulfide) groups is 1. The zero-order valence-electron chi connectivity index (χ0n) is 13.9. The van der Waals surface area contributed by atoms with Crippen LogP contribution in [0.15, 0.2) is 29.2 Å². The monoisotopic (exact) mass is 335 g/mol. The molecule has 1 aliphatic rings. The molecule has 23 heavy (non-hydrogen) atoms. The van der Waals surface area contributed by atoms with Crippen molar-refractivity contribution in [3.8, 4) is 0 Å². The Kier molecular flexibility index (Phi) is 6.33. The van der Waals surface area contributed by atoms with Crippen molar-refractivity contribution in [1.29, 1.82) is 0 Å². The Bertz CT molecular complexity index is 541. The van der Waals surface area contributed by atoms with Gasteiger partial charge in [-0.3, -0.25) is 4.79 Å². The van der Waals surface area contributed by atoms with E-state index in [4.69, 9.17) is 0 Å². The van der Waals surface area contributed by atoms with E-state index in [1.807, 2.05) is 30.8 Å². The number of carbonyl (C=O) groups is 2. The van der Waals surface area contributed by atoms with E-state index in [9.17, 15) is 9.59 Å². The van der Waals surface area contributed by atoms with E-state index in [0.717, 1.165) is 18.4 Å². The number of urea groups is 1. The third-order valence-electron chi connectivity index (χ3n) is 3.45. The number of hydrogen-bond donors (Lipinski definition) is 3. The van der Waals surface area contributed by atoms with Crippen LogP contribution in [0.25, 0.3) is 0 Å². The van der Waals surface area contributed by atoms with E-state index < -0.39 is 0 Å². The maximum absolute atomic E-state index is 11.8. The molecular formula is C17H25N3O2S. The lowest BCUT2D eigenvalue weighted by Gasteiger charge is -2.15. The summed E-state index contributed by atoms with van der Waals surface area (Å²) in [7, 11) is 0. The topological polar surface area (TPSA) is 70.2 Å². The van der Waals surface area contributed by atoms with Gasteiger partial charge in [-0.2, -0.15) is 0 Å². The molecule has 1 aromatic carbocycles. The van der Waals surface area contributed by atoms with Gasteiger partial charge in [-0.1, -0.05) is 26.0 Å². The Morgan fingerprint density at radius 1 is 1.17 bits per heavy atom. The fraction of sp³-hybridized carbons (Fsp3) is 0.529. The van der Waals surface area contributed by atoms with Gasteiger partial charge >= 0.3 is 6.03 Å². The maximum atomic E-state index is 11.8. The van der Waals surface area contributed by atoms with Gasteiger partial charge < -0.3 is 16.0 Å². The van der Waals surface area contributed by atoms with Gasteiger partial charge in [0.2, 0.25) is 5.91 Å². The van der Waals surface area contributed by atoms with Crippen LogP contribution in [0.4, 0.5) is 4.79 Å². The summed E-state index contributed by atoms with van der Waals surface area (Å²) in [6, 6.07) is 8.06. The summed E-state index contributed by atoms with van der Waals surface area (Å²) in [5, 5.41) is 8.81. The first-order valence-electron chi connectivity index (χ1n) is 8.04. The van der Waals surface area contributed by atoms with Gasteiger partial charge in [-0.15, -0.1) is 11.8 Å². The number of carbonyl (C=O) groups excluding carboxylic acids is 2. The Morgan fingerprint density at radius 2 is 1.83 bits per heavy atom. The number of rotatable bonds is 7. The van der Waals surface area contributed by atoms with Crippen molar-refractivity contribution in [2.24, 2.45) is 0 Å². The van der Waals surface area contributed by atoms with Crippen LogP contribution in [0, 0.1) is 0 Å². The first-order valence-corrected chi connectivity index (χ1v) is 8.92. The molecule has 3 N–H and O–H groups in total. The minimum absolute atomic E-state index is 0.0129. The molecule has 6 heteroatoms. The van der Waals surface area contributed by atoms with E-state index in [2.05, 4.69) is 41.9 Å². The Hall–Kier alpha value is -1.69. The zero-order valence-corrected chi connectivity index (χ0v) is 14.7. The maximum Gasteiger partial charge on any atom is 0.315 e. The van der Waals surface area contributed by atoms with Gasteiger partial charge in [-0.05, 0) is 37.5 Å². The smallest absolute Gasteiger partial charge is 0.315 e. The summed E-state index contributed by atoms with van der Waals surface area (Å²) in [5.74, 6) is -0.134. The highest BCUT2D eigenvalue weighted by Gasteiger charge is 2.23. The predicted molar refractivity (Wildman–Crippen MR) is 93.5 cm³/mol. The van der Waals surface area contributed by atoms with Gasteiger partial charge in [0.25, 0.3) is 0 Å². The molecule has 3 amide bonds. The van der Waals surface area contributed by atoms with E-state index in [1.54, 1.807) is 0 Å². The average molecular weight is 335 g/mol.